The number of nitrogens with zero attached hydrogens (tertiary/aromatic N) is 4. The molecule has 6 nitrogen and oxygen atoms in total. The third-order valence-electron chi connectivity index (χ3n) is 3.55. The molecular formula is C13H17N5O. The molecule has 0 aliphatic heterocycles. The highest BCUT2D eigenvalue weighted by molar-refractivity contribution is 6.03. The second-order valence-electron chi connectivity index (χ2n) is 4.74. The third-order valence-corrected chi connectivity index (χ3v) is 3.55. The number of rotatable bonds is 3. The number of nitrogens with one attached hydrogen (secondary N) is 1. The molecule has 0 aromatic carbocycles. The van der Waals surface area contributed by atoms with Crippen LogP contribution in [-0.4, -0.2) is 25.5 Å². The predicted molar refractivity (Wildman–Crippen MR) is 71.1 cm³/mol. The van der Waals surface area contributed by atoms with Crippen molar-refractivity contribution in [3.63, 3.8) is 0 Å². The molecule has 1 aliphatic carbocycles. The zero-order chi connectivity index (χ0) is 13.4. The van der Waals surface area contributed by atoms with Crippen molar-refractivity contribution in [1.29, 1.82) is 0 Å². The van der Waals surface area contributed by atoms with Crippen LogP contribution < -0.4 is 5.32 Å². The number of aromatic nitrogens is 4. The molecule has 2 aromatic rings. The van der Waals surface area contributed by atoms with Gasteiger partial charge in [-0.15, -0.1) is 0 Å². The number of fused-ring (bicyclic) bond motifs is 1. The first-order valence-corrected chi connectivity index (χ1v) is 6.58. The lowest BCUT2D eigenvalue weighted by Gasteiger charge is -2.08. The molecule has 0 saturated heterocycles. The molecule has 1 aliphatic rings. The molecule has 2 aromatic heterocycles. The standard InChI is InChI=1S/C13H17N5O/c1-3-18-11(7-8-14-18)13(19)15-12-9-5-4-6-10(9)16-17(12)2/h7-8H,3-6H2,1-2H3,(H,15,19). The molecule has 0 saturated carbocycles. The van der Waals surface area contributed by atoms with Gasteiger partial charge in [0, 0.05) is 25.4 Å². The number of anilines is 1. The Kier molecular flexibility index (Phi) is 2.85. The summed E-state index contributed by atoms with van der Waals surface area (Å²) < 4.78 is 3.44. The summed E-state index contributed by atoms with van der Waals surface area (Å²) in [5, 5.41) is 11.5. The molecule has 0 radical (unpaired) electrons. The molecule has 19 heavy (non-hydrogen) atoms. The van der Waals surface area contributed by atoms with Crippen LogP contribution in [0, 0.1) is 0 Å². The Bertz CT molecular complexity index is 625. The van der Waals surface area contributed by atoms with Crippen LogP contribution in [-0.2, 0) is 26.4 Å². The molecule has 3 rings (SSSR count). The zero-order valence-electron chi connectivity index (χ0n) is 11.2. The van der Waals surface area contributed by atoms with Gasteiger partial charge in [0.15, 0.2) is 0 Å². The molecule has 0 bridgehead atoms. The molecular weight excluding hydrogens is 242 g/mol. The number of hydrogen-bond acceptors (Lipinski definition) is 3. The van der Waals surface area contributed by atoms with E-state index in [9.17, 15) is 4.79 Å². The van der Waals surface area contributed by atoms with Gasteiger partial charge in [0.2, 0.25) is 0 Å². The minimum atomic E-state index is -0.128. The van der Waals surface area contributed by atoms with E-state index < -0.39 is 0 Å². The maximum absolute atomic E-state index is 12.3. The highest BCUT2D eigenvalue weighted by atomic mass is 16.2. The second kappa shape index (κ2) is 4.53. The molecule has 0 spiro atoms. The van der Waals surface area contributed by atoms with Crippen molar-refractivity contribution < 1.29 is 4.79 Å². The largest absolute Gasteiger partial charge is 0.305 e. The SMILES string of the molecule is CCn1nccc1C(=O)Nc1c2c(nn1C)CCC2. The van der Waals surface area contributed by atoms with Gasteiger partial charge in [-0.2, -0.15) is 10.2 Å². The van der Waals surface area contributed by atoms with Gasteiger partial charge in [0.05, 0.1) is 5.69 Å². The maximum atomic E-state index is 12.3. The minimum absolute atomic E-state index is 0.128. The molecule has 0 fully saturated rings. The summed E-state index contributed by atoms with van der Waals surface area (Å²) in [5.74, 6) is 0.693. The van der Waals surface area contributed by atoms with Gasteiger partial charge in [0.1, 0.15) is 11.5 Å². The summed E-state index contributed by atoms with van der Waals surface area (Å²) in [6.45, 7) is 2.64. The number of amides is 1. The second-order valence-corrected chi connectivity index (χ2v) is 4.74. The van der Waals surface area contributed by atoms with E-state index in [0.29, 0.717) is 12.2 Å². The zero-order valence-corrected chi connectivity index (χ0v) is 11.2. The Labute approximate surface area is 111 Å². The van der Waals surface area contributed by atoms with Gasteiger partial charge in [-0.25, -0.2) is 0 Å². The topological polar surface area (TPSA) is 64.7 Å². The first-order valence-electron chi connectivity index (χ1n) is 6.58. The van der Waals surface area contributed by atoms with Gasteiger partial charge in [-0.3, -0.25) is 14.2 Å². The Morgan fingerprint density at radius 3 is 3.11 bits per heavy atom. The fourth-order valence-electron chi connectivity index (χ4n) is 2.63. The van der Waals surface area contributed by atoms with Crippen LogP contribution in [0.4, 0.5) is 5.82 Å². The molecule has 1 amide bonds. The lowest BCUT2D eigenvalue weighted by molar-refractivity contribution is 0.101. The first-order chi connectivity index (χ1) is 9.20. The molecule has 2 heterocycles. The summed E-state index contributed by atoms with van der Waals surface area (Å²) in [4.78, 5) is 12.3. The van der Waals surface area contributed by atoms with Gasteiger partial charge < -0.3 is 5.32 Å². The van der Waals surface area contributed by atoms with E-state index in [1.165, 1.54) is 5.56 Å². The van der Waals surface area contributed by atoms with E-state index in [1.807, 2.05) is 14.0 Å². The number of aryl methyl sites for hydroxylation is 3. The molecule has 0 unspecified atom stereocenters. The molecule has 1 N–H and O–H groups in total. The number of hydrogen-bond donors (Lipinski definition) is 1. The van der Waals surface area contributed by atoms with Gasteiger partial charge in [0.25, 0.3) is 5.91 Å². The molecule has 6 heteroatoms. The quantitative estimate of drug-likeness (QED) is 0.905. The van der Waals surface area contributed by atoms with E-state index in [2.05, 4.69) is 15.5 Å². The van der Waals surface area contributed by atoms with Crippen molar-refractivity contribution in [3.8, 4) is 0 Å². The monoisotopic (exact) mass is 259 g/mol. The summed E-state index contributed by atoms with van der Waals surface area (Å²) in [5.41, 5.74) is 2.87. The van der Waals surface area contributed by atoms with Crippen molar-refractivity contribution in [2.75, 3.05) is 5.32 Å². The third kappa shape index (κ3) is 1.93. The van der Waals surface area contributed by atoms with Crippen LogP contribution in [0.2, 0.25) is 0 Å². The van der Waals surface area contributed by atoms with Crippen molar-refractivity contribution >= 4 is 11.7 Å². The van der Waals surface area contributed by atoms with Crippen LogP contribution in [0.25, 0.3) is 0 Å². The van der Waals surface area contributed by atoms with Crippen molar-refractivity contribution in [2.24, 2.45) is 7.05 Å². The van der Waals surface area contributed by atoms with Crippen LogP contribution in [0.1, 0.15) is 35.1 Å². The van der Waals surface area contributed by atoms with E-state index in [1.54, 1.807) is 21.6 Å². The highest BCUT2D eigenvalue weighted by Crippen LogP contribution is 2.28. The maximum Gasteiger partial charge on any atom is 0.275 e. The van der Waals surface area contributed by atoms with Gasteiger partial charge >= 0.3 is 0 Å². The first kappa shape index (κ1) is 12.0. The Balaban J connectivity index is 1.88. The Morgan fingerprint density at radius 1 is 1.47 bits per heavy atom. The van der Waals surface area contributed by atoms with Crippen molar-refractivity contribution in [1.82, 2.24) is 19.6 Å². The van der Waals surface area contributed by atoms with Crippen LogP contribution in [0.3, 0.4) is 0 Å². The smallest absolute Gasteiger partial charge is 0.275 e. The average Bonchev–Trinajstić information content (AvgIpc) is 3.07. The van der Waals surface area contributed by atoms with E-state index in [-0.39, 0.29) is 5.91 Å². The summed E-state index contributed by atoms with van der Waals surface area (Å²) >= 11 is 0. The highest BCUT2D eigenvalue weighted by Gasteiger charge is 2.23. The predicted octanol–water partition coefficient (Wildman–Crippen LogP) is 1.38. The lowest BCUT2D eigenvalue weighted by atomic mass is 10.2. The fourth-order valence-corrected chi connectivity index (χ4v) is 2.63. The molecule has 0 atom stereocenters. The van der Waals surface area contributed by atoms with E-state index in [4.69, 9.17) is 0 Å². The number of carbonyl (C=O) groups is 1. The normalized spacial score (nSPS) is 13.6. The van der Waals surface area contributed by atoms with E-state index >= 15 is 0 Å². The Hall–Kier alpha value is -2.11. The van der Waals surface area contributed by atoms with Crippen molar-refractivity contribution in [2.45, 2.75) is 32.7 Å². The lowest BCUT2D eigenvalue weighted by Crippen LogP contribution is -2.19. The van der Waals surface area contributed by atoms with Crippen LogP contribution in [0.15, 0.2) is 12.3 Å². The average molecular weight is 259 g/mol. The van der Waals surface area contributed by atoms with Crippen molar-refractivity contribution in [3.05, 3.63) is 29.2 Å². The van der Waals surface area contributed by atoms with E-state index in [0.717, 1.165) is 30.8 Å². The summed E-state index contributed by atoms with van der Waals surface area (Å²) in [6, 6.07) is 1.73. The van der Waals surface area contributed by atoms with Crippen LogP contribution >= 0.6 is 0 Å². The van der Waals surface area contributed by atoms with Crippen LogP contribution in [0.5, 0.6) is 0 Å². The Morgan fingerprint density at radius 2 is 2.32 bits per heavy atom. The fraction of sp³-hybridized carbons (Fsp3) is 0.462. The number of carbonyl (C=O) groups excluding carboxylic acids is 1. The van der Waals surface area contributed by atoms with Gasteiger partial charge in [-0.1, -0.05) is 0 Å². The minimum Gasteiger partial charge on any atom is -0.305 e. The molecule has 100 valence electrons. The van der Waals surface area contributed by atoms with Gasteiger partial charge in [-0.05, 0) is 32.3 Å². The summed E-state index contributed by atoms with van der Waals surface area (Å²) in [6.07, 6.45) is 4.76. The summed E-state index contributed by atoms with van der Waals surface area (Å²) in [7, 11) is 1.87.